The summed E-state index contributed by atoms with van der Waals surface area (Å²) in [6.45, 7) is 1.39. The first-order valence-electron chi connectivity index (χ1n) is 7.27. The molecule has 6 nitrogen and oxygen atoms in total. The Bertz CT molecular complexity index is 921. The molecule has 1 atom stereocenters. The summed E-state index contributed by atoms with van der Waals surface area (Å²) < 4.78 is 36.5. The van der Waals surface area contributed by atoms with Gasteiger partial charge in [0, 0.05) is 18.6 Å². The van der Waals surface area contributed by atoms with Crippen molar-refractivity contribution in [1.82, 2.24) is 5.32 Å². The number of amides is 1. The lowest BCUT2D eigenvalue weighted by Gasteiger charge is -2.29. The zero-order valence-corrected chi connectivity index (χ0v) is 14.3. The Balaban J connectivity index is 2.35. The zero-order valence-electron chi connectivity index (χ0n) is 13.5. The Hall–Kier alpha value is -2.54. The number of hydrogen-bond acceptors (Lipinski definition) is 5. The molecule has 0 fully saturated rings. The second-order valence-electron chi connectivity index (χ2n) is 5.42. The van der Waals surface area contributed by atoms with Crippen molar-refractivity contribution in [3.05, 3.63) is 47.5 Å². The summed E-state index contributed by atoms with van der Waals surface area (Å²) in [4.78, 5) is 11.9. The number of carbonyl (C=O) groups is 1. The fourth-order valence-corrected chi connectivity index (χ4v) is 4.68. The molecule has 1 unspecified atom stereocenters. The molecule has 0 bridgehead atoms. The fraction of sp³-hybridized carbons (Fsp3) is 0.235. The highest BCUT2D eigenvalue weighted by Gasteiger charge is 2.37. The van der Waals surface area contributed by atoms with Gasteiger partial charge in [0.15, 0.2) is 11.5 Å². The number of benzene rings is 2. The first-order valence-corrected chi connectivity index (χ1v) is 8.75. The van der Waals surface area contributed by atoms with Crippen LogP contribution in [0.4, 0.5) is 0 Å². The number of carbonyl (C=O) groups excluding carboxylic acids is 1. The number of hydrogen-bond donors (Lipinski definition) is 1. The van der Waals surface area contributed by atoms with Crippen LogP contribution in [0.25, 0.3) is 0 Å². The molecule has 1 N–H and O–H groups in total. The van der Waals surface area contributed by atoms with Crippen molar-refractivity contribution in [2.45, 2.75) is 22.8 Å². The van der Waals surface area contributed by atoms with Gasteiger partial charge < -0.3 is 14.8 Å². The normalized spacial score (nSPS) is 17.4. The Morgan fingerprint density at radius 2 is 1.62 bits per heavy atom. The SMILES string of the molecule is COc1cc2c(cc1OC)S(=O)(=O)c1ccccc1C2NC(C)=O. The van der Waals surface area contributed by atoms with Crippen LogP contribution in [-0.2, 0) is 14.6 Å². The highest BCUT2D eigenvalue weighted by molar-refractivity contribution is 7.91. The van der Waals surface area contributed by atoms with Gasteiger partial charge in [-0.1, -0.05) is 18.2 Å². The van der Waals surface area contributed by atoms with E-state index in [2.05, 4.69) is 5.32 Å². The summed E-state index contributed by atoms with van der Waals surface area (Å²) >= 11 is 0. The predicted molar refractivity (Wildman–Crippen MR) is 87.1 cm³/mol. The van der Waals surface area contributed by atoms with Crippen LogP contribution in [0.2, 0.25) is 0 Å². The average Bonchev–Trinajstić information content (AvgIpc) is 2.57. The largest absolute Gasteiger partial charge is 0.493 e. The van der Waals surface area contributed by atoms with Gasteiger partial charge in [-0.25, -0.2) is 8.42 Å². The molecule has 0 aromatic heterocycles. The fourth-order valence-electron chi connectivity index (χ4n) is 2.94. The first-order chi connectivity index (χ1) is 11.4. The van der Waals surface area contributed by atoms with Gasteiger partial charge in [-0.2, -0.15) is 0 Å². The Morgan fingerprint density at radius 1 is 1.00 bits per heavy atom. The van der Waals surface area contributed by atoms with E-state index in [1.807, 2.05) is 0 Å². The van der Waals surface area contributed by atoms with Crippen LogP contribution in [0.5, 0.6) is 11.5 Å². The molecule has 0 aliphatic carbocycles. The number of rotatable bonds is 3. The monoisotopic (exact) mass is 347 g/mol. The molecule has 0 saturated heterocycles. The van der Waals surface area contributed by atoms with Crippen molar-refractivity contribution in [2.75, 3.05) is 14.2 Å². The van der Waals surface area contributed by atoms with E-state index in [4.69, 9.17) is 9.47 Å². The Kier molecular flexibility index (Phi) is 3.96. The van der Waals surface area contributed by atoms with Gasteiger partial charge in [0.2, 0.25) is 15.7 Å². The van der Waals surface area contributed by atoms with Crippen LogP contribution in [0.3, 0.4) is 0 Å². The van der Waals surface area contributed by atoms with E-state index in [9.17, 15) is 13.2 Å². The van der Waals surface area contributed by atoms with Crippen LogP contribution < -0.4 is 14.8 Å². The lowest BCUT2D eigenvalue weighted by Crippen LogP contribution is -2.32. The average molecular weight is 347 g/mol. The highest BCUT2D eigenvalue weighted by atomic mass is 32.2. The standard InChI is InChI=1S/C17H17NO5S/c1-10(19)18-17-11-6-4-5-7-15(11)24(20,21)16-9-14(23-3)13(22-2)8-12(16)17/h4-9,17H,1-3H3,(H,18,19). The van der Waals surface area contributed by atoms with Crippen molar-refractivity contribution < 1.29 is 22.7 Å². The summed E-state index contributed by atoms with van der Waals surface area (Å²) in [5.41, 5.74) is 0.994. The van der Waals surface area contributed by atoms with Crippen molar-refractivity contribution in [3.63, 3.8) is 0 Å². The minimum absolute atomic E-state index is 0.109. The Morgan fingerprint density at radius 3 is 2.25 bits per heavy atom. The molecule has 2 aromatic rings. The smallest absolute Gasteiger partial charge is 0.217 e. The molecular weight excluding hydrogens is 330 g/mol. The van der Waals surface area contributed by atoms with Crippen LogP contribution in [0, 0.1) is 0 Å². The van der Waals surface area contributed by atoms with Crippen molar-refractivity contribution in [2.24, 2.45) is 0 Å². The molecule has 0 radical (unpaired) electrons. The molecule has 126 valence electrons. The summed E-state index contributed by atoms with van der Waals surface area (Å²) in [6, 6.07) is 9.11. The zero-order chi connectivity index (χ0) is 17.5. The topological polar surface area (TPSA) is 81.7 Å². The van der Waals surface area contributed by atoms with Gasteiger partial charge in [0.05, 0.1) is 30.1 Å². The molecule has 0 spiro atoms. The minimum atomic E-state index is -3.71. The van der Waals surface area contributed by atoms with Gasteiger partial charge in [0.1, 0.15) is 0 Å². The molecule has 24 heavy (non-hydrogen) atoms. The number of sulfone groups is 1. The van der Waals surface area contributed by atoms with E-state index in [0.29, 0.717) is 22.6 Å². The second-order valence-corrected chi connectivity index (χ2v) is 7.31. The summed E-state index contributed by atoms with van der Waals surface area (Å²) in [6.07, 6.45) is 0. The van der Waals surface area contributed by atoms with Crippen molar-refractivity contribution in [1.29, 1.82) is 0 Å². The lowest BCUT2D eigenvalue weighted by atomic mass is 9.97. The minimum Gasteiger partial charge on any atom is -0.493 e. The molecule has 1 aliphatic heterocycles. The summed E-state index contributed by atoms with van der Waals surface area (Å²) in [7, 11) is -0.796. The third-order valence-corrected chi connectivity index (χ3v) is 5.87. The maximum atomic E-state index is 13.0. The number of nitrogens with one attached hydrogen (secondary N) is 1. The molecule has 2 aromatic carbocycles. The van der Waals surface area contributed by atoms with E-state index >= 15 is 0 Å². The number of fused-ring (bicyclic) bond motifs is 2. The predicted octanol–water partition coefficient (Wildman–Crippen LogP) is 2.08. The quantitative estimate of drug-likeness (QED) is 0.919. The van der Waals surface area contributed by atoms with E-state index in [-0.39, 0.29) is 15.7 Å². The third kappa shape index (κ3) is 2.41. The van der Waals surface area contributed by atoms with Gasteiger partial charge in [-0.05, 0) is 17.7 Å². The third-order valence-electron chi connectivity index (χ3n) is 3.98. The van der Waals surface area contributed by atoms with E-state index in [0.717, 1.165) is 0 Å². The van der Waals surface area contributed by atoms with Gasteiger partial charge in [-0.15, -0.1) is 0 Å². The van der Waals surface area contributed by atoms with E-state index in [1.54, 1.807) is 30.3 Å². The van der Waals surface area contributed by atoms with Gasteiger partial charge >= 0.3 is 0 Å². The second kappa shape index (κ2) is 5.83. The molecule has 1 amide bonds. The number of methoxy groups -OCH3 is 2. The van der Waals surface area contributed by atoms with Crippen LogP contribution in [-0.4, -0.2) is 28.5 Å². The maximum Gasteiger partial charge on any atom is 0.217 e. The molecule has 3 rings (SSSR count). The summed E-state index contributed by atoms with van der Waals surface area (Å²) in [5, 5.41) is 2.82. The highest BCUT2D eigenvalue weighted by Crippen LogP contribution is 2.44. The molecular formula is C17H17NO5S. The number of ether oxygens (including phenoxy) is 2. The van der Waals surface area contributed by atoms with Crippen molar-refractivity contribution >= 4 is 15.7 Å². The van der Waals surface area contributed by atoms with E-state index < -0.39 is 15.9 Å². The van der Waals surface area contributed by atoms with Crippen LogP contribution in [0.15, 0.2) is 46.2 Å². The molecule has 7 heteroatoms. The van der Waals surface area contributed by atoms with Crippen LogP contribution >= 0.6 is 0 Å². The van der Waals surface area contributed by atoms with Gasteiger partial charge in [-0.3, -0.25) is 4.79 Å². The molecule has 1 heterocycles. The lowest BCUT2D eigenvalue weighted by molar-refractivity contribution is -0.119. The molecule has 1 aliphatic rings. The van der Waals surface area contributed by atoms with Crippen molar-refractivity contribution in [3.8, 4) is 11.5 Å². The maximum absolute atomic E-state index is 13.0. The van der Waals surface area contributed by atoms with Crippen LogP contribution in [0.1, 0.15) is 24.1 Å². The first kappa shape index (κ1) is 16.3. The van der Waals surface area contributed by atoms with Gasteiger partial charge in [0.25, 0.3) is 0 Å². The van der Waals surface area contributed by atoms with E-state index in [1.165, 1.54) is 27.2 Å². The Labute approximate surface area is 140 Å². The molecule has 0 saturated carbocycles. The summed E-state index contributed by atoms with van der Waals surface area (Å²) in [5.74, 6) is 0.469.